The molecule has 2 aromatic heterocycles. The second kappa shape index (κ2) is 5.41. The molecule has 2 fully saturated rings. The molecule has 0 amide bonds. The zero-order chi connectivity index (χ0) is 14.3. The molecule has 1 aliphatic carbocycles. The minimum Gasteiger partial charge on any atom is -0.383 e. The summed E-state index contributed by atoms with van der Waals surface area (Å²) < 4.78 is 6.10. The number of nitrogens with zero attached hydrogens (tertiary/aromatic N) is 2. The van der Waals surface area contributed by atoms with Crippen LogP contribution in [-0.4, -0.2) is 27.4 Å². The van der Waals surface area contributed by atoms with Gasteiger partial charge in [-0.1, -0.05) is 24.6 Å². The van der Waals surface area contributed by atoms with E-state index >= 15 is 0 Å². The van der Waals surface area contributed by atoms with Crippen molar-refractivity contribution in [1.29, 1.82) is 0 Å². The van der Waals surface area contributed by atoms with Gasteiger partial charge in [-0.15, -0.1) is 11.3 Å². The first kappa shape index (κ1) is 13.8. The molecule has 1 spiro atoms. The predicted octanol–water partition coefficient (Wildman–Crippen LogP) is 3.86. The SMILES string of the molecule is Nc1nc(SC2CCOC3(CCCC3)C2)nc2sccc12. The number of thioether (sulfide) groups is 1. The third-order valence-electron chi connectivity index (χ3n) is 4.57. The molecule has 0 radical (unpaired) electrons. The van der Waals surface area contributed by atoms with E-state index in [1.54, 1.807) is 23.1 Å². The monoisotopic (exact) mass is 321 g/mol. The minimum atomic E-state index is 0.147. The van der Waals surface area contributed by atoms with Gasteiger partial charge in [0.15, 0.2) is 5.16 Å². The summed E-state index contributed by atoms with van der Waals surface area (Å²) in [5.74, 6) is 0.603. The zero-order valence-corrected chi connectivity index (χ0v) is 13.5. The number of anilines is 1. The molecule has 1 saturated heterocycles. The smallest absolute Gasteiger partial charge is 0.191 e. The number of rotatable bonds is 2. The minimum absolute atomic E-state index is 0.147. The fraction of sp³-hybridized carbons (Fsp3) is 0.600. The summed E-state index contributed by atoms with van der Waals surface area (Å²) in [7, 11) is 0. The van der Waals surface area contributed by atoms with Crippen LogP contribution in [0, 0.1) is 0 Å². The van der Waals surface area contributed by atoms with Crippen LogP contribution in [0.3, 0.4) is 0 Å². The summed E-state index contributed by atoms with van der Waals surface area (Å²) in [5.41, 5.74) is 6.19. The lowest BCUT2D eigenvalue weighted by Crippen LogP contribution is -2.38. The highest BCUT2D eigenvalue weighted by molar-refractivity contribution is 7.99. The molecule has 2 N–H and O–H groups in total. The molecule has 4 rings (SSSR count). The van der Waals surface area contributed by atoms with Crippen molar-refractivity contribution in [3.8, 4) is 0 Å². The molecule has 1 aliphatic heterocycles. The molecule has 112 valence electrons. The van der Waals surface area contributed by atoms with E-state index in [0.717, 1.165) is 34.8 Å². The van der Waals surface area contributed by atoms with E-state index in [4.69, 9.17) is 10.5 Å². The standard InChI is InChI=1S/C15H19N3OS2/c16-12-11-4-8-20-13(11)18-14(17-12)21-10-3-7-19-15(9-10)5-1-2-6-15/h4,8,10H,1-3,5-7,9H2,(H2,16,17,18). The topological polar surface area (TPSA) is 61.0 Å². The normalized spacial score (nSPS) is 24.9. The van der Waals surface area contributed by atoms with Crippen LogP contribution in [-0.2, 0) is 4.74 Å². The third-order valence-corrected chi connectivity index (χ3v) is 6.50. The third kappa shape index (κ3) is 2.64. The van der Waals surface area contributed by atoms with E-state index in [0.29, 0.717) is 11.1 Å². The molecular formula is C15H19N3OS2. The van der Waals surface area contributed by atoms with Crippen molar-refractivity contribution in [3.05, 3.63) is 11.4 Å². The average molecular weight is 321 g/mol. The van der Waals surface area contributed by atoms with Crippen molar-refractivity contribution >= 4 is 39.1 Å². The molecular weight excluding hydrogens is 302 g/mol. The number of nitrogens with two attached hydrogens (primary N) is 1. The Labute approximate surface area is 132 Å². The van der Waals surface area contributed by atoms with Crippen LogP contribution in [0.15, 0.2) is 16.6 Å². The molecule has 3 heterocycles. The van der Waals surface area contributed by atoms with Gasteiger partial charge in [-0.2, -0.15) is 0 Å². The molecule has 21 heavy (non-hydrogen) atoms. The van der Waals surface area contributed by atoms with Gasteiger partial charge in [0.1, 0.15) is 10.6 Å². The Balaban J connectivity index is 1.53. The summed E-state index contributed by atoms with van der Waals surface area (Å²) in [6.07, 6.45) is 7.26. The zero-order valence-electron chi connectivity index (χ0n) is 11.9. The molecule has 2 aliphatic rings. The Bertz CT molecular complexity index is 651. The number of fused-ring (bicyclic) bond motifs is 1. The first-order valence-corrected chi connectivity index (χ1v) is 9.31. The lowest BCUT2D eigenvalue weighted by atomic mass is 9.92. The van der Waals surface area contributed by atoms with E-state index in [-0.39, 0.29) is 5.60 Å². The summed E-state index contributed by atoms with van der Waals surface area (Å²) in [6, 6.07) is 1.99. The molecule has 6 heteroatoms. The number of hydrogen-bond donors (Lipinski definition) is 1. The van der Waals surface area contributed by atoms with Crippen molar-refractivity contribution in [2.45, 2.75) is 54.5 Å². The maximum atomic E-state index is 6.10. The van der Waals surface area contributed by atoms with E-state index < -0.39 is 0 Å². The Morgan fingerprint density at radius 1 is 1.33 bits per heavy atom. The van der Waals surface area contributed by atoms with Crippen LogP contribution in [0.1, 0.15) is 38.5 Å². The number of nitrogen functional groups attached to an aromatic ring is 1. The maximum Gasteiger partial charge on any atom is 0.191 e. The molecule has 1 saturated carbocycles. The predicted molar refractivity (Wildman–Crippen MR) is 87.9 cm³/mol. The van der Waals surface area contributed by atoms with Crippen LogP contribution >= 0.6 is 23.1 Å². The van der Waals surface area contributed by atoms with Gasteiger partial charge in [-0.05, 0) is 37.1 Å². The molecule has 4 nitrogen and oxygen atoms in total. The quantitative estimate of drug-likeness (QED) is 0.851. The lowest BCUT2D eigenvalue weighted by molar-refractivity contribution is -0.0704. The van der Waals surface area contributed by atoms with Crippen molar-refractivity contribution < 1.29 is 4.74 Å². The number of thiophene rings is 1. The maximum absolute atomic E-state index is 6.10. The molecule has 0 bridgehead atoms. The Morgan fingerprint density at radius 3 is 3.05 bits per heavy atom. The van der Waals surface area contributed by atoms with Crippen LogP contribution in [0.25, 0.3) is 10.2 Å². The van der Waals surface area contributed by atoms with E-state index in [1.807, 2.05) is 11.4 Å². The van der Waals surface area contributed by atoms with Gasteiger partial charge in [-0.25, -0.2) is 9.97 Å². The molecule has 0 aromatic carbocycles. The Hall–Kier alpha value is -0.850. The van der Waals surface area contributed by atoms with E-state index in [2.05, 4.69) is 9.97 Å². The van der Waals surface area contributed by atoms with Crippen LogP contribution in [0.2, 0.25) is 0 Å². The summed E-state index contributed by atoms with van der Waals surface area (Å²) >= 11 is 3.41. The summed E-state index contributed by atoms with van der Waals surface area (Å²) in [4.78, 5) is 10.1. The highest BCUT2D eigenvalue weighted by atomic mass is 32.2. The fourth-order valence-corrected chi connectivity index (χ4v) is 5.53. The summed E-state index contributed by atoms with van der Waals surface area (Å²) in [5, 5.41) is 4.37. The van der Waals surface area contributed by atoms with Gasteiger partial charge in [-0.3, -0.25) is 0 Å². The average Bonchev–Trinajstić information content (AvgIpc) is 3.09. The number of hydrogen-bond acceptors (Lipinski definition) is 6. The van der Waals surface area contributed by atoms with Gasteiger partial charge >= 0.3 is 0 Å². The second-order valence-electron chi connectivity index (χ2n) is 6.00. The fourth-order valence-electron chi connectivity index (χ4n) is 3.51. The van der Waals surface area contributed by atoms with Crippen molar-refractivity contribution in [1.82, 2.24) is 9.97 Å². The van der Waals surface area contributed by atoms with Crippen LogP contribution in [0.5, 0.6) is 0 Å². The van der Waals surface area contributed by atoms with Gasteiger partial charge < -0.3 is 10.5 Å². The van der Waals surface area contributed by atoms with Crippen LogP contribution < -0.4 is 5.73 Å². The highest BCUT2D eigenvalue weighted by Crippen LogP contribution is 2.44. The number of aromatic nitrogens is 2. The van der Waals surface area contributed by atoms with E-state index in [9.17, 15) is 0 Å². The van der Waals surface area contributed by atoms with Gasteiger partial charge in [0.2, 0.25) is 0 Å². The van der Waals surface area contributed by atoms with E-state index in [1.165, 1.54) is 25.7 Å². The first-order chi connectivity index (χ1) is 10.2. The number of ether oxygens (including phenoxy) is 1. The second-order valence-corrected chi connectivity index (χ2v) is 8.16. The molecule has 1 atom stereocenters. The lowest BCUT2D eigenvalue weighted by Gasteiger charge is -2.37. The van der Waals surface area contributed by atoms with Crippen LogP contribution in [0.4, 0.5) is 5.82 Å². The molecule has 1 unspecified atom stereocenters. The van der Waals surface area contributed by atoms with Crippen molar-refractivity contribution in [2.24, 2.45) is 0 Å². The van der Waals surface area contributed by atoms with Gasteiger partial charge in [0, 0.05) is 11.9 Å². The molecule has 2 aromatic rings. The van der Waals surface area contributed by atoms with Gasteiger partial charge in [0.25, 0.3) is 0 Å². The highest BCUT2D eigenvalue weighted by Gasteiger charge is 2.40. The Kier molecular flexibility index (Phi) is 3.55. The van der Waals surface area contributed by atoms with Crippen molar-refractivity contribution in [3.63, 3.8) is 0 Å². The largest absolute Gasteiger partial charge is 0.383 e. The first-order valence-electron chi connectivity index (χ1n) is 7.55. The van der Waals surface area contributed by atoms with Crippen molar-refractivity contribution in [2.75, 3.05) is 12.3 Å². The van der Waals surface area contributed by atoms with Gasteiger partial charge in [0.05, 0.1) is 11.0 Å². The Morgan fingerprint density at radius 2 is 2.19 bits per heavy atom. The summed E-state index contributed by atoms with van der Waals surface area (Å²) in [6.45, 7) is 0.869.